The van der Waals surface area contributed by atoms with Crippen LogP contribution in [-0.2, 0) is 0 Å². The van der Waals surface area contributed by atoms with E-state index in [1.54, 1.807) is 0 Å². The Morgan fingerprint density at radius 3 is 2.52 bits per heavy atom. The molecule has 1 saturated heterocycles. The van der Waals surface area contributed by atoms with E-state index < -0.39 is 6.10 Å². The summed E-state index contributed by atoms with van der Waals surface area (Å²) in [6.45, 7) is 12.9. The van der Waals surface area contributed by atoms with Crippen molar-refractivity contribution in [1.82, 2.24) is 20.4 Å². The van der Waals surface area contributed by atoms with Crippen LogP contribution in [0.1, 0.15) is 31.8 Å². The highest BCUT2D eigenvalue weighted by Gasteiger charge is 2.24. The van der Waals surface area contributed by atoms with Gasteiger partial charge in [-0.2, -0.15) is 0 Å². The third-order valence-electron chi connectivity index (χ3n) is 4.94. The molecule has 3 N–H and O–H groups in total. The van der Waals surface area contributed by atoms with Crippen molar-refractivity contribution in [1.29, 1.82) is 0 Å². The van der Waals surface area contributed by atoms with Crippen molar-refractivity contribution in [3.8, 4) is 0 Å². The Morgan fingerprint density at radius 1 is 1.26 bits per heavy atom. The van der Waals surface area contributed by atoms with Gasteiger partial charge in [-0.25, -0.2) is 0 Å². The first-order valence-electron chi connectivity index (χ1n) is 9.78. The third-order valence-corrected chi connectivity index (χ3v) is 6.27. The Labute approximate surface area is 172 Å². The summed E-state index contributed by atoms with van der Waals surface area (Å²) in [5.74, 6) is 1.29. The first kappa shape index (κ1) is 22.4. The van der Waals surface area contributed by atoms with E-state index >= 15 is 0 Å². The maximum absolute atomic E-state index is 10.3. The minimum absolute atomic E-state index is 0.406. The fraction of sp³-hybridized carbons (Fsp3) is 0.737. The van der Waals surface area contributed by atoms with Gasteiger partial charge in [0.2, 0.25) is 0 Å². The predicted molar refractivity (Wildman–Crippen MR) is 116 cm³/mol. The summed E-state index contributed by atoms with van der Waals surface area (Å²) in [5, 5.41) is 16.9. The number of aliphatic hydroxyl groups excluding tert-OH is 1. The molecule has 0 saturated carbocycles. The molecule has 1 aromatic rings. The van der Waals surface area contributed by atoms with E-state index in [0.29, 0.717) is 22.8 Å². The maximum atomic E-state index is 10.3. The lowest BCUT2D eigenvalue weighted by Gasteiger charge is -2.39. The summed E-state index contributed by atoms with van der Waals surface area (Å²) in [6.07, 6.45) is -0.593. The molecule has 0 bridgehead atoms. The Bertz CT molecular complexity index is 586. The number of halogens is 1. The van der Waals surface area contributed by atoms with Crippen LogP contribution in [-0.4, -0.2) is 79.8 Å². The van der Waals surface area contributed by atoms with Crippen molar-refractivity contribution in [2.45, 2.75) is 32.9 Å². The number of rotatable bonds is 8. The third kappa shape index (κ3) is 7.23. The molecule has 27 heavy (non-hydrogen) atoms. The molecule has 2 rings (SSSR count). The molecule has 0 amide bonds. The number of piperazine rings is 1. The summed E-state index contributed by atoms with van der Waals surface area (Å²) >= 11 is 7.36. The van der Waals surface area contributed by atoms with Gasteiger partial charge < -0.3 is 20.6 Å². The topological polar surface area (TPSA) is 63.1 Å². The minimum atomic E-state index is -0.593. The predicted octanol–water partition coefficient (Wildman–Crippen LogP) is 2.26. The number of nitrogens with zero attached hydrogens (tertiary/aromatic N) is 3. The van der Waals surface area contributed by atoms with Crippen molar-refractivity contribution in [2.24, 2.45) is 10.9 Å². The summed E-state index contributed by atoms with van der Waals surface area (Å²) in [7, 11) is 2.18. The van der Waals surface area contributed by atoms with Gasteiger partial charge in [0.15, 0.2) is 5.96 Å². The molecule has 0 spiro atoms. The molecule has 2 heterocycles. The Morgan fingerprint density at radius 2 is 1.96 bits per heavy atom. The first-order chi connectivity index (χ1) is 12.9. The highest BCUT2D eigenvalue weighted by atomic mass is 35.5. The Hall–Kier alpha value is -0.860. The Balaban J connectivity index is 1.93. The van der Waals surface area contributed by atoms with Gasteiger partial charge in [-0.1, -0.05) is 25.4 Å². The van der Waals surface area contributed by atoms with Gasteiger partial charge in [-0.15, -0.1) is 11.3 Å². The molecule has 1 fully saturated rings. The lowest BCUT2D eigenvalue weighted by atomic mass is 10.0. The molecule has 0 aliphatic carbocycles. The highest BCUT2D eigenvalue weighted by molar-refractivity contribution is 7.16. The number of likely N-dealkylation sites (N-methyl/N-ethyl adjacent to an activating group) is 1. The van der Waals surface area contributed by atoms with E-state index in [4.69, 9.17) is 16.6 Å². The van der Waals surface area contributed by atoms with Crippen LogP contribution in [0, 0.1) is 5.92 Å². The van der Waals surface area contributed by atoms with E-state index in [1.165, 1.54) is 11.3 Å². The van der Waals surface area contributed by atoms with Gasteiger partial charge in [0.05, 0.1) is 10.9 Å². The molecule has 1 aliphatic rings. The van der Waals surface area contributed by atoms with Crippen LogP contribution in [0.15, 0.2) is 17.1 Å². The molecule has 6 nitrogen and oxygen atoms in total. The minimum Gasteiger partial charge on any atom is -0.386 e. The average Bonchev–Trinajstić information content (AvgIpc) is 3.07. The second kappa shape index (κ2) is 11.2. The smallest absolute Gasteiger partial charge is 0.191 e. The fourth-order valence-corrected chi connectivity index (χ4v) is 4.28. The van der Waals surface area contributed by atoms with Gasteiger partial charge in [0.25, 0.3) is 0 Å². The maximum Gasteiger partial charge on any atom is 0.191 e. The van der Waals surface area contributed by atoms with E-state index in [1.807, 2.05) is 19.1 Å². The van der Waals surface area contributed by atoms with Crippen LogP contribution in [0.4, 0.5) is 0 Å². The van der Waals surface area contributed by atoms with Crippen LogP contribution in [0.3, 0.4) is 0 Å². The quantitative estimate of drug-likeness (QED) is 0.449. The van der Waals surface area contributed by atoms with Crippen LogP contribution >= 0.6 is 22.9 Å². The monoisotopic (exact) mass is 415 g/mol. The molecule has 1 aromatic heterocycles. The number of thiophene rings is 1. The second-order valence-electron chi connectivity index (χ2n) is 7.41. The summed E-state index contributed by atoms with van der Waals surface area (Å²) in [5.41, 5.74) is 0. The molecule has 2 unspecified atom stereocenters. The van der Waals surface area contributed by atoms with Crippen LogP contribution in [0.25, 0.3) is 0 Å². The zero-order valence-electron chi connectivity index (χ0n) is 16.9. The van der Waals surface area contributed by atoms with Crippen molar-refractivity contribution in [3.63, 3.8) is 0 Å². The van der Waals surface area contributed by atoms with Crippen molar-refractivity contribution < 1.29 is 5.11 Å². The van der Waals surface area contributed by atoms with Gasteiger partial charge >= 0.3 is 0 Å². The van der Waals surface area contributed by atoms with Crippen molar-refractivity contribution >= 4 is 28.9 Å². The molecule has 0 aromatic carbocycles. The molecule has 8 heteroatoms. The zero-order chi connectivity index (χ0) is 19.8. The fourth-order valence-electron chi connectivity index (χ4n) is 3.23. The summed E-state index contributed by atoms with van der Waals surface area (Å²) in [4.78, 5) is 10.6. The number of hydrogen-bond acceptors (Lipinski definition) is 5. The average molecular weight is 416 g/mol. The van der Waals surface area contributed by atoms with Crippen molar-refractivity contribution in [3.05, 3.63) is 21.3 Å². The lowest BCUT2D eigenvalue weighted by molar-refractivity contribution is 0.0925. The summed E-state index contributed by atoms with van der Waals surface area (Å²) < 4.78 is 0.691. The zero-order valence-corrected chi connectivity index (χ0v) is 18.5. The number of aliphatic imine (C=N–C) groups is 1. The standard InChI is InChI=1S/C19H34ClN5OS/c1-5-21-19(23-13-16(26)17-6-7-18(20)27-17)22-12-15(14(2)3)25-10-8-24(4)9-11-25/h6-7,14-16,26H,5,8-13H2,1-4H3,(H2,21,22,23). The second-order valence-corrected chi connectivity index (χ2v) is 9.16. The first-order valence-corrected chi connectivity index (χ1v) is 11.0. The van der Waals surface area contributed by atoms with E-state index in [0.717, 1.165) is 50.1 Å². The van der Waals surface area contributed by atoms with Crippen LogP contribution in [0.2, 0.25) is 4.34 Å². The summed E-state index contributed by atoms with van der Waals surface area (Å²) in [6, 6.07) is 4.11. The molecule has 2 atom stereocenters. The molecule has 154 valence electrons. The number of hydrogen-bond donors (Lipinski definition) is 3. The molecular formula is C19H34ClN5OS. The van der Waals surface area contributed by atoms with Gasteiger partial charge in [0.1, 0.15) is 6.10 Å². The number of guanidine groups is 1. The largest absolute Gasteiger partial charge is 0.386 e. The van der Waals surface area contributed by atoms with E-state index in [2.05, 4.69) is 41.3 Å². The molecule has 1 aliphatic heterocycles. The van der Waals surface area contributed by atoms with Crippen molar-refractivity contribution in [2.75, 3.05) is 52.9 Å². The SMILES string of the molecule is CCNC(=NCC(C(C)C)N1CCN(C)CC1)NCC(O)c1ccc(Cl)s1. The van der Waals surface area contributed by atoms with Crippen LogP contribution < -0.4 is 10.6 Å². The van der Waals surface area contributed by atoms with Gasteiger partial charge in [-0.3, -0.25) is 9.89 Å². The van der Waals surface area contributed by atoms with E-state index in [9.17, 15) is 5.11 Å². The normalized spacial score (nSPS) is 19.3. The Kier molecular flexibility index (Phi) is 9.32. The molecular weight excluding hydrogens is 382 g/mol. The van der Waals surface area contributed by atoms with Gasteiger partial charge in [-0.05, 0) is 32.0 Å². The lowest BCUT2D eigenvalue weighted by Crippen LogP contribution is -2.52. The van der Waals surface area contributed by atoms with Crippen LogP contribution in [0.5, 0.6) is 0 Å². The number of nitrogens with one attached hydrogen (secondary N) is 2. The van der Waals surface area contributed by atoms with Gasteiger partial charge in [0, 0.05) is 50.2 Å². The molecule has 0 radical (unpaired) electrons. The van der Waals surface area contributed by atoms with E-state index in [-0.39, 0.29) is 0 Å². The highest BCUT2D eigenvalue weighted by Crippen LogP contribution is 2.26. The number of aliphatic hydroxyl groups is 1.